The maximum atomic E-state index is 15.5. The molecular formula is C31H35F3N4O3S. The maximum Gasteiger partial charge on any atom is 0.260 e. The molecule has 1 aromatic heterocycles. The van der Waals surface area contributed by atoms with Crippen molar-refractivity contribution in [2.45, 2.75) is 31.3 Å². The first-order chi connectivity index (χ1) is 20.2. The molecule has 1 atom stereocenters. The molecule has 0 aliphatic carbocycles. The van der Waals surface area contributed by atoms with Gasteiger partial charge in [-0.1, -0.05) is 18.2 Å². The molecule has 3 heterocycles. The Hall–Kier alpha value is -3.28. The van der Waals surface area contributed by atoms with Gasteiger partial charge in [-0.05, 0) is 36.2 Å². The van der Waals surface area contributed by atoms with Gasteiger partial charge in [0.15, 0.2) is 11.6 Å². The fourth-order valence-electron chi connectivity index (χ4n) is 5.78. The average molecular weight is 601 g/mol. The summed E-state index contributed by atoms with van der Waals surface area (Å²) in [5.41, 5.74) is 0.919. The zero-order chi connectivity index (χ0) is 30.0. The highest BCUT2D eigenvalue weighted by Gasteiger charge is 2.32. The minimum Gasteiger partial charge on any atom is -0.494 e. The number of piperazine rings is 1. The van der Waals surface area contributed by atoms with Gasteiger partial charge in [-0.25, -0.2) is 13.2 Å². The van der Waals surface area contributed by atoms with E-state index < -0.39 is 17.5 Å². The predicted molar refractivity (Wildman–Crippen MR) is 158 cm³/mol. The van der Waals surface area contributed by atoms with Crippen molar-refractivity contribution in [3.63, 3.8) is 0 Å². The lowest BCUT2D eigenvalue weighted by Crippen LogP contribution is -2.49. The van der Waals surface area contributed by atoms with Gasteiger partial charge in [0.2, 0.25) is 5.91 Å². The zero-order valence-corrected chi connectivity index (χ0v) is 24.8. The number of carbonyl (C=O) groups is 1. The summed E-state index contributed by atoms with van der Waals surface area (Å²) in [5.74, 6) is -1.30. The van der Waals surface area contributed by atoms with Crippen LogP contribution in [-0.4, -0.2) is 79.0 Å². The molecule has 3 aromatic rings. The summed E-state index contributed by atoms with van der Waals surface area (Å²) in [5, 5.41) is 4.11. The number of ether oxygens (including phenoxy) is 1. The number of thioether (sulfide) groups is 1. The van der Waals surface area contributed by atoms with Gasteiger partial charge in [0.05, 0.1) is 23.7 Å². The Labute approximate surface area is 247 Å². The smallest absolute Gasteiger partial charge is 0.260 e. The van der Waals surface area contributed by atoms with Crippen LogP contribution in [0.15, 0.2) is 46.2 Å². The Morgan fingerprint density at radius 3 is 2.40 bits per heavy atom. The zero-order valence-electron chi connectivity index (χ0n) is 24.0. The fraction of sp³-hybridized carbons (Fsp3) is 0.419. The number of methoxy groups -OCH3 is 1. The summed E-state index contributed by atoms with van der Waals surface area (Å²) in [4.78, 5) is 29.8. The summed E-state index contributed by atoms with van der Waals surface area (Å²) in [7, 11) is 1.36. The number of amides is 1. The molecule has 2 aromatic carbocycles. The lowest BCUT2D eigenvalue weighted by molar-refractivity contribution is -0.130. The van der Waals surface area contributed by atoms with Gasteiger partial charge >= 0.3 is 0 Å². The topological polar surface area (TPSA) is 66.8 Å². The number of hydrogen-bond acceptors (Lipinski definition) is 6. The second kappa shape index (κ2) is 12.9. The average Bonchev–Trinajstić information content (AvgIpc) is 3.40. The number of hydrogen-bond donors (Lipinski definition) is 1. The van der Waals surface area contributed by atoms with Crippen LogP contribution < -0.4 is 15.6 Å². The predicted octanol–water partition coefficient (Wildman–Crippen LogP) is 4.24. The number of rotatable bonds is 9. The van der Waals surface area contributed by atoms with Crippen LogP contribution in [0.4, 0.5) is 13.2 Å². The third kappa shape index (κ3) is 5.95. The largest absolute Gasteiger partial charge is 0.494 e. The molecule has 0 spiro atoms. The molecule has 1 amide bonds. The van der Waals surface area contributed by atoms with Crippen LogP contribution in [0, 0.1) is 24.4 Å². The molecule has 2 aliphatic rings. The molecule has 11 heteroatoms. The molecular weight excluding hydrogens is 565 g/mol. The number of pyridine rings is 1. The van der Waals surface area contributed by atoms with Gasteiger partial charge in [0.1, 0.15) is 11.6 Å². The van der Waals surface area contributed by atoms with Crippen LogP contribution in [0.3, 0.4) is 0 Å². The van der Waals surface area contributed by atoms with Crippen LogP contribution in [0.5, 0.6) is 5.75 Å². The Morgan fingerprint density at radius 1 is 1.05 bits per heavy atom. The number of benzene rings is 2. The summed E-state index contributed by atoms with van der Waals surface area (Å²) in [6, 6.07) is 8.15. The van der Waals surface area contributed by atoms with Crippen molar-refractivity contribution < 1.29 is 22.7 Å². The first-order valence-corrected chi connectivity index (χ1v) is 15.0. The normalized spacial score (nSPS) is 17.0. The highest BCUT2D eigenvalue weighted by atomic mass is 32.2. The van der Waals surface area contributed by atoms with Crippen molar-refractivity contribution in [1.82, 2.24) is 19.7 Å². The second-order valence-corrected chi connectivity index (χ2v) is 11.7. The van der Waals surface area contributed by atoms with Crippen molar-refractivity contribution >= 4 is 17.7 Å². The number of carbonyl (C=O) groups excluding carboxylic acids is 1. The van der Waals surface area contributed by atoms with E-state index >= 15 is 4.39 Å². The summed E-state index contributed by atoms with van der Waals surface area (Å²) in [6.45, 7) is 8.36. The molecule has 0 radical (unpaired) electrons. The van der Waals surface area contributed by atoms with Gasteiger partial charge < -0.3 is 15.0 Å². The molecule has 224 valence electrons. The number of fused-ring (bicyclic) bond motifs is 1. The van der Waals surface area contributed by atoms with Gasteiger partial charge in [-0.3, -0.25) is 19.1 Å². The number of aromatic nitrogens is 1. The van der Waals surface area contributed by atoms with E-state index in [9.17, 15) is 18.4 Å². The highest BCUT2D eigenvalue weighted by Crippen LogP contribution is 2.40. The molecule has 5 rings (SSSR count). The minimum atomic E-state index is -0.668. The monoisotopic (exact) mass is 600 g/mol. The van der Waals surface area contributed by atoms with Crippen molar-refractivity contribution in [2.75, 3.05) is 58.7 Å². The van der Waals surface area contributed by atoms with E-state index in [0.29, 0.717) is 48.1 Å². The molecule has 1 fully saturated rings. The first kappa shape index (κ1) is 30.2. The van der Waals surface area contributed by atoms with E-state index in [4.69, 9.17) is 4.74 Å². The fourth-order valence-corrected chi connectivity index (χ4v) is 7.16. The van der Waals surface area contributed by atoms with Gasteiger partial charge in [-0.2, -0.15) is 0 Å². The van der Waals surface area contributed by atoms with Crippen molar-refractivity contribution in [2.24, 2.45) is 0 Å². The van der Waals surface area contributed by atoms with E-state index in [0.717, 1.165) is 19.6 Å². The van der Waals surface area contributed by atoms with Gasteiger partial charge in [0, 0.05) is 76.0 Å². The van der Waals surface area contributed by atoms with Gasteiger partial charge in [0.25, 0.3) is 5.56 Å². The molecule has 7 nitrogen and oxygen atoms in total. The Balaban J connectivity index is 1.45. The van der Waals surface area contributed by atoms with Crippen LogP contribution in [0.1, 0.15) is 29.7 Å². The van der Waals surface area contributed by atoms with Gasteiger partial charge in [-0.15, -0.1) is 11.8 Å². The summed E-state index contributed by atoms with van der Waals surface area (Å²) in [6.07, 6.45) is -0.0715. The van der Waals surface area contributed by atoms with E-state index in [-0.39, 0.29) is 46.4 Å². The summed E-state index contributed by atoms with van der Waals surface area (Å²) >= 11 is 1.48. The molecule has 2 aliphatic heterocycles. The minimum absolute atomic E-state index is 0.00947. The lowest BCUT2D eigenvalue weighted by Gasteiger charge is -2.34. The SMILES string of the molecule is COc1cccc(-c2c(C)c(Cc3c(F)cccc3F)c3n(c2=O)C(CNCCN2CCN(C(C)=O)CC2)CS3)c1F. The quantitative estimate of drug-likeness (QED) is 0.371. The molecule has 0 saturated carbocycles. The number of nitrogens with one attached hydrogen (secondary N) is 1. The third-order valence-corrected chi connectivity index (χ3v) is 9.45. The van der Waals surface area contributed by atoms with E-state index in [2.05, 4.69) is 10.2 Å². The molecule has 0 bridgehead atoms. The standard InChI is InChI=1S/C31H35F3N4O3S/c1-19-23(16-24-25(32)7-5-8-26(24)33)31-38(30(40)28(19)22-6-4-9-27(41-3)29(22)34)21(18-42-31)17-35-10-11-36-12-14-37(15-13-36)20(2)39/h4-9,21,35H,10-18H2,1-3H3. The molecule has 1 N–H and O–H groups in total. The Kier molecular flexibility index (Phi) is 9.29. The maximum absolute atomic E-state index is 15.5. The van der Waals surface area contributed by atoms with Crippen LogP contribution in [0.25, 0.3) is 11.1 Å². The number of nitrogens with zero attached hydrogens (tertiary/aromatic N) is 3. The Morgan fingerprint density at radius 2 is 1.74 bits per heavy atom. The van der Waals surface area contributed by atoms with Crippen LogP contribution in [-0.2, 0) is 11.2 Å². The molecule has 1 unspecified atom stereocenters. The van der Waals surface area contributed by atoms with Crippen molar-refractivity contribution in [1.29, 1.82) is 0 Å². The molecule has 1 saturated heterocycles. The van der Waals surface area contributed by atoms with E-state index in [1.54, 1.807) is 24.5 Å². The summed E-state index contributed by atoms with van der Waals surface area (Å²) < 4.78 is 51.9. The molecule has 42 heavy (non-hydrogen) atoms. The van der Waals surface area contributed by atoms with E-state index in [1.165, 1.54) is 49.2 Å². The van der Waals surface area contributed by atoms with Crippen LogP contribution >= 0.6 is 11.8 Å². The lowest BCUT2D eigenvalue weighted by atomic mass is 9.94. The second-order valence-electron chi connectivity index (χ2n) is 10.7. The highest BCUT2D eigenvalue weighted by molar-refractivity contribution is 7.99. The first-order valence-electron chi connectivity index (χ1n) is 14.1. The third-order valence-electron chi connectivity index (χ3n) is 8.19. The van der Waals surface area contributed by atoms with Crippen LogP contribution in [0.2, 0.25) is 0 Å². The number of halogens is 3. The van der Waals surface area contributed by atoms with Crippen molar-refractivity contribution in [3.05, 3.63) is 80.9 Å². The van der Waals surface area contributed by atoms with E-state index in [1.807, 2.05) is 4.90 Å². The van der Waals surface area contributed by atoms with Crippen molar-refractivity contribution in [3.8, 4) is 16.9 Å². The Bertz CT molecular complexity index is 1520.